The minimum Gasteiger partial charge on any atom is -0.0651 e. The molecule has 0 saturated heterocycles. The molecule has 1 aromatic carbocycles. The second-order valence-corrected chi connectivity index (χ2v) is 6.85. The van der Waals surface area contributed by atoms with Crippen LogP contribution < -0.4 is 0 Å². The molecule has 0 atom stereocenters. The Bertz CT molecular complexity index is 513. The third kappa shape index (κ3) is 3.97. The summed E-state index contributed by atoms with van der Waals surface area (Å²) in [6, 6.07) is 11.2. The maximum atomic E-state index is 2.34. The third-order valence-electron chi connectivity index (χ3n) is 5.01. The fourth-order valence-electron chi connectivity index (χ4n) is 4.25. The molecule has 0 amide bonds. The van der Waals surface area contributed by atoms with Crippen molar-refractivity contribution in [2.75, 3.05) is 0 Å². The summed E-state index contributed by atoms with van der Waals surface area (Å²) in [5.74, 6) is 0.569. The van der Waals surface area contributed by atoms with E-state index < -0.39 is 0 Å². The topological polar surface area (TPSA) is 0 Å². The maximum absolute atomic E-state index is 2.34. The summed E-state index contributed by atoms with van der Waals surface area (Å²) in [4.78, 5) is 0. The van der Waals surface area contributed by atoms with Crippen molar-refractivity contribution in [2.45, 2.75) is 85.0 Å². The molecule has 0 nitrogen and oxygen atoms in total. The predicted octanol–water partition coefficient (Wildman–Crippen LogP) is 7.58. The van der Waals surface area contributed by atoms with Gasteiger partial charge in [0.05, 0.1) is 0 Å². The van der Waals surface area contributed by atoms with Crippen molar-refractivity contribution >= 4 is 0 Å². The lowest BCUT2D eigenvalue weighted by Crippen LogP contribution is -2.04. The van der Waals surface area contributed by atoms with E-state index in [-0.39, 0.29) is 0 Å². The number of allylic oxidation sites excluding steroid dienone is 4. The lowest BCUT2D eigenvalue weighted by molar-refractivity contribution is 0.754. The van der Waals surface area contributed by atoms with Gasteiger partial charge < -0.3 is 0 Å². The highest BCUT2D eigenvalue weighted by Crippen LogP contribution is 2.49. The molecule has 1 aromatic rings. The quantitative estimate of drug-likeness (QED) is 0.441. The van der Waals surface area contributed by atoms with E-state index >= 15 is 0 Å². The molecule has 0 N–H and O–H groups in total. The molecule has 0 fully saturated rings. The Morgan fingerprint density at radius 3 is 1.43 bits per heavy atom. The number of rotatable bonds is 9. The SMILES string of the molecule is CCCC1=C(CCC)C(c2ccccc2)C(CCC)=C1CCC. The zero-order chi connectivity index (χ0) is 16.7. The minimum atomic E-state index is 0.569. The van der Waals surface area contributed by atoms with Crippen LogP contribution in [0.2, 0.25) is 0 Å². The van der Waals surface area contributed by atoms with Crippen LogP contribution in [0.3, 0.4) is 0 Å². The van der Waals surface area contributed by atoms with Crippen molar-refractivity contribution in [2.24, 2.45) is 0 Å². The van der Waals surface area contributed by atoms with Crippen LogP contribution in [0.15, 0.2) is 52.6 Å². The average Bonchev–Trinajstić information content (AvgIpc) is 2.84. The van der Waals surface area contributed by atoms with Crippen molar-refractivity contribution < 1.29 is 0 Å². The molecule has 0 unspecified atom stereocenters. The normalized spacial score (nSPS) is 15.8. The van der Waals surface area contributed by atoms with Crippen LogP contribution in [0.4, 0.5) is 0 Å². The Labute approximate surface area is 143 Å². The first-order chi connectivity index (χ1) is 11.3. The molecule has 0 spiro atoms. The summed E-state index contributed by atoms with van der Waals surface area (Å²) in [5.41, 5.74) is 8.46. The molecule has 0 aromatic heterocycles. The van der Waals surface area contributed by atoms with Gasteiger partial charge in [0.2, 0.25) is 0 Å². The number of benzene rings is 1. The molecule has 0 heterocycles. The second-order valence-electron chi connectivity index (χ2n) is 6.85. The fraction of sp³-hybridized carbons (Fsp3) is 0.565. The monoisotopic (exact) mass is 310 g/mol. The van der Waals surface area contributed by atoms with E-state index in [2.05, 4.69) is 58.0 Å². The van der Waals surface area contributed by atoms with Crippen molar-refractivity contribution in [3.05, 3.63) is 58.2 Å². The van der Waals surface area contributed by atoms with Gasteiger partial charge in [0.1, 0.15) is 0 Å². The molecule has 2 rings (SSSR count). The highest BCUT2D eigenvalue weighted by Gasteiger charge is 2.32. The molecule has 126 valence electrons. The summed E-state index contributed by atoms with van der Waals surface area (Å²) >= 11 is 0. The fourth-order valence-corrected chi connectivity index (χ4v) is 4.25. The van der Waals surface area contributed by atoms with Crippen LogP contribution in [-0.4, -0.2) is 0 Å². The first-order valence-electron chi connectivity index (χ1n) is 9.77. The molecule has 0 bridgehead atoms. The van der Waals surface area contributed by atoms with E-state index in [0.717, 1.165) is 0 Å². The smallest absolute Gasteiger partial charge is 0.0269 e. The third-order valence-corrected chi connectivity index (χ3v) is 5.01. The summed E-state index contributed by atoms with van der Waals surface area (Å²) in [6.07, 6.45) is 10.1. The summed E-state index contributed by atoms with van der Waals surface area (Å²) in [7, 11) is 0. The lowest BCUT2D eigenvalue weighted by Gasteiger charge is -2.20. The molecular formula is C23H34. The van der Waals surface area contributed by atoms with Gasteiger partial charge in [0, 0.05) is 5.92 Å². The van der Waals surface area contributed by atoms with Gasteiger partial charge in [-0.15, -0.1) is 0 Å². The Morgan fingerprint density at radius 2 is 1.04 bits per heavy atom. The van der Waals surface area contributed by atoms with Gasteiger partial charge in [-0.3, -0.25) is 0 Å². The van der Waals surface area contributed by atoms with Gasteiger partial charge in [-0.05, 0) is 42.4 Å². The van der Waals surface area contributed by atoms with E-state index in [4.69, 9.17) is 0 Å². The minimum absolute atomic E-state index is 0.569. The molecule has 1 aliphatic carbocycles. The molecule has 0 radical (unpaired) electrons. The highest BCUT2D eigenvalue weighted by atomic mass is 14.4. The van der Waals surface area contributed by atoms with E-state index in [0.29, 0.717) is 5.92 Å². The zero-order valence-corrected chi connectivity index (χ0v) is 15.6. The summed E-state index contributed by atoms with van der Waals surface area (Å²) < 4.78 is 0. The molecule has 0 saturated carbocycles. The van der Waals surface area contributed by atoms with E-state index in [1.807, 2.05) is 0 Å². The van der Waals surface area contributed by atoms with Gasteiger partial charge in [-0.1, -0.05) is 94.9 Å². The lowest BCUT2D eigenvalue weighted by atomic mass is 9.83. The van der Waals surface area contributed by atoms with E-state index in [1.165, 1.54) is 56.9 Å². The van der Waals surface area contributed by atoms with Gasteiger partial charge in [0.15, 0.2) is 0 Å². The van der Waals surface area contributed by atoms with Crippen LogP contribution in [0.5, 0.6) is 0 Å². The van der Waals surface area contributed by atoms with Gasteiger partial charge in [-0.2, -0.15) is 0 Å². The van der Waals surface area contributed by atoms with Crippen molar-refractivity contribution in [3.63, 3.8) is 0 Å². The first-order valence-corrected chi connectivity index (χ1v) is 9.77. The van der Waals surface area contributed by atoms with Crippen molar-refractivity contribution in [3.8, 4) is 0 Å². The van der Waals surface area contributed by atoms with Gasteiger partial charge >= 0.3 is 0 Å². The van der Waals surface area contributed by atoms with Crippen molar-refractivity contribution in [1.29, 1.82) is 0 Å². The van der Waals surface area contributed by atoms with Gasteiger partial charge in [0.25, 0.3) is 0 Å². The van der Waals surface area contributed by atoms with Crippen LogP contribution in [0.25, 0.3) is 0 Å². The largest absolute Gasteiger partial charge is 0.0651 e. The van der Waals surface area contributed by atoms with Crippen LogP contribution >= 0.6 is 0 Å². The highest BCUT2D eigenvalue weighted by molar-refractivity contribution is 5.56. The molecule has 1 aliphatic rings. The van der Waals surface area contributed by atoms with Crippen LogP contribution in [0, 0.1) is 0 Å². The summed E-state index contributed by atoms with van der Waals surface area (Å²) in [5, 5.41) is 0. The van der Waals surface area contributed by atoms with E-state index in [9.17, 15) is 0 Å². The predicted molar refractivity (Wildman–Crippen MR) is 103 cm³/mol. The Balaban J connectivity index is 2.56. The zero-order valence-electron chi connectivity index (χ0n) is 15.6. The molecule has 0 aliphatic heterocycles. The molecule has 23 heavy (non-hydrogen) atoms. The Morgan fingerprint density at radius 1 is 0.609 bits per heavy atom. The van der Waals surface area contributed by atoms with Crippen LogP contribution in [0.1, 0.15) is 90.5 Å². The summed E-state index contributed by atoms with van der Waals surface area (Å²) in [6.45, 7) is 9.32. The molecular weight excluding hydrogens is 276 g/mol. The van der Waals surface area contributed by atoms with E-state index in [1.54, 1.807) is 22.3 Å². The van der Waals surface area contributed by atoms with Crippen LogP contribution in [-0.2, 0) is 0 Å². The second kappa shape index (κ2) is 9.11. The molecule has 0 heteroatoms. The number of hydrogen-bond acceptors (Lipinski definition) is 0. The average molecular weight is 311 g/mol. The first kappa shape index (κ1) is 18.0. The van der Waals surface area contributed by atoms with Gasteiger partial charge in [-0.25, -0.2) is 0 Å². The Kier molecular flexibility index (Phi) is 7.15. The maximum Gasteiger partial charge on any atom is 0.0269 e. The Hall–Kier alpha value is -1.30. The van der Waals surface area contributed by atoms with Crippen molar-refractivity contribution in [1.82, 2.24) is 0 Å². The number of hydrogen-bond donors (Lipinski definition) is 0. The standard InChI is InChI=1S/C23H34/c1-5-12-19-20(13-6-2)22(15-8-4)23(21(19)14-7-3)18-16-10-9-11-17-18/h9-11,16-17,23H,5-8,12-15H2,1-4H3.